The number of allylic oxidation sites excluding steroid dienone is 4. The quantitative estimate of drug-likeness (QED) is 0.325. The van der Waals surface area contributed by atoms with Crippen molar-refractivity contribution < 1.29 is 0 Å². The molecule has 0 amide bonds. The van der Waals surface area contributed by atoms with Gasteiger partial charge in [-0.3, -0.25) is 0 Å². The first kappa shape index (κ1) is 16.5. The summed E-state index contributed by atoms with van der Waals surface area (Å²) in [6.45, 7) is 1.23. The third-order valence-corrected chi connectivity index (χ3v) is 3.93. The van der Waals surface area contributed by atoms with Gasteiger partial charge in [-0.05, 0) is 72.0 Å². The lowest BCUT2D eigenvalue weighted by molar-refractivity contribution is 0.392. The zero-order valence-electron chi connectivity index (χ0n) is 13.2. The van der Waals surface area contributed by atoms with Crippen molar-refractivity contribution in [2.75, 3.05) is 20.6 Å². The third-order valence-electron chi connectivity index (χ3n) is 3.93. The van der Waals surface area contributed by atoms with Crippen molar-refractivity contribution in [2.45, 2.75) is 70.6 Å². The second-order valence-electron chi connectivity index (χ2n) is 6.14. The monoisotopic (exact) mass is 263 g/mol. The van der Waals surface area contributed by atoms with Gasteiger partial charge in [-0.1, -0.05) is 43.1 Å². The highest BCUT2D eigenvalue weighted by molar-refractivity contribution is 5.06. The Bertz CT molecular complexity index is 253. The molecule has 1 rings (SSSR count). The maximum Gasteiger partial charge on any atom is -0.00248 e. The van der Waals surface area contributed by atoms with E-state index in [1.807, 2.05) is 0 Å². The van der Waals surface area contributed by atoms with E-state index in [2.05, 4.69) is 37.2 Å². The van der Waals surface area contributed by atoms with E-state index >= 15 is 0 Å². The van der Waals surface area contributed by atoms with Crippen LogP contribution >= 0.6 is 0 Å². The highest BCUT2D eigenvalue weighted by Crippen LogP contribution is 2.22. The Balaban J connectivity index is 1.99. The number of rotatable bonds is 8. The molecule has 1 aliphatic carbocycles. The van der Waals surface area contributed by atoms with Gasteiger partial charge in [-0.25, -0.2) is 0 Å². The molecule has 0 radical (unpaired) electrons. The first-order valence-electron chi connectivity index (χ1n) is 8.26. The normalized spacial score (nSPS) is 17.1. The molecule has 0 aromatic heterocycles. The molecule has 0 unspecified atom stereocenters. The second kappa shape index (κ2) is 11.3. The Morgan fingerprint density at radius 2 is 1.63 bits per heavy atom. The molecule has 0 saturated heterocycles. The van der Waals surface area contributed by atoms with Gasteiger partial charge in [-0.2, -0.15) is 0 Å². The highest BCUT2D eigenvalue weighted by Gasteiger charge is 2.02. The van der Waals surface area contributed by atoms with Crippen molar-refractivity contribution in [3.05, 3.63) is 23.8 Å². The fourth-order valence-corrected chi connectivity index (χ4v) is 2.70. The van der Waals surface area contributed by atoms with Gasteiger partial charge in [0.15, 0.2) is 0 Å². The van der Waals surface area contributed by atoms with Crippen LogP contribution in [0.1, 0.15) is 70.6 Å². The highest BCUT2D eigenvalue weighted by atomic mass is 15.0. The van der Waals surface area contributed by atoms with Gasteiger partial charge in [0.05, 0.1) is 0 Å². The first-order chi connectivity index (χ1) is 9.29. The fourth-order valence-electron chi connectivity index (χ4n) is 2.70. The van der Waals surface area contributed by atoms with Crippen LogP contribution in [0, 0.1) is 0 Å². The van der Waals surface area contributed by atoms with Crippen molar-refractivity contribution in [3.63, 3.8) is 0 Å². The average Bonchev–Trinajstić information content (AvgIpc) is 2.65. The third kappa shape index (κ3) is 9.95. The Morgan fingerprint density at radius 3 is 2.32 bits per heavy atom. The van der Waals surface area contributed by atoms with Crippen molar-refractivity contribution in [3.8, 4) is 0 Å². The molecule has 1 nitrogen and oxygen atoms in total. The molecule has 1 heteroatoms. The van der Waals surface area contributed by atoms with E-state index in [1.54, 1.807) is 5.57 Å². The zero-order chi connectivity index (χ0) is 13.8. The van der Waals surface area contributed by atoms with Crippen LogP contribution in [-0.2, 0) is 0 Å². The molecule has 1 aliphatic rings. The first-order valence-corrected chi connectivity index (χ1v) is 8.26. The summed E-state index contributed by atoms with van der Waals surface area (Å²) in [5.74, 6) is 0. The van der Waals surface area contributed by atoms with Crippen LogP contribution in [0.25, 0.3) is 0 Å². The maximum atomic E-state index is 2.48. The van der Waals surface area contributed by atoms with Crippen molar-refractivity contribution in [1.82, 2.24) is 4.90 Å². The molecule has 0 spiro atoms. The predicted molar refractivity (Wildman–Crippen MR) is 86.6 cm³/mol. The minimum atomic E-state index is 1.16. The van der Waals surface area contributed by atoms with Gasteiger partial charge in [0.2, 0.25) is 0 Å². The van der Waals surface area contributed by atoms with E-state index in [0.29, 0.717) is 0 Å². The molecule has 19 heavy (non-hydrogen) atoms. The summed E-state index contributed by atoms with van der Waals surface area (Å²) in [5, 5.41) is 0. The Labute approximate surface area is 120 Å². The molecule has 110 valence electrons. The minimum Gasteiger partial charge on any atom is -0.309 e. The molecule has 0 heterocycles. The molecule has 1 saturated carbocycles. The molecule has 0 aliphatic heterocycles. The van der Waals surface area contributed by atoms with Crippen LogP contribution in [0.4, 0.5) is 0 Å². The van der Waals surface area contributed by atoms with Gasteiger partial charge in [0, 0.05) is 0 Å². The van der Waals surface area contributed by atoms with E-state index in [9.17, 15) is 0 Å². The Kier molecular flexibility index (Phi) is 9.79. The van der Waals surface area contributed by atoms with Crippen molar-refractivity contribution in [1.29, 1.82) is 0 Å². The van der Waals surface area contributed by atoms with Gasteiger partial charge < -0.3 is 4.90 Å². The lowest BCUT2D eigenvalue weighted by Gasteiger charge is -2.07. The lowest BCUT2D eigenvalue weighted by atomic mass is 10.1. The van der Waals surface area contributed by atoms with Gasteiger partial charge in [0.25, 0.3) is 0 Å². The summed E-state index contributed by atoms with van der Waals surface area (Å²) in [7, 11) is 4.31. The molecular formula is C18H33N. The van der Waals surface area contributed by atoms with Crippen LogP contribution in [0.5, 0.6) is 0 Å². The number of nitrogens with zero attached hydrogens (tertiary/aromatic N) is 1. The van der Waals surface area contributed by atoms with E-state index in [1.165, 1.54) is 70.8 Å². The summed E-state index contributed by atoms with van der Waals surface area (Å²) in [6.07, 6.45) is 22.1. The largest absolute Gasteiger partial charge is 0.309 e. The topological polar surface area (TPSA) is 3.24 Å². The van der Waals surface area contributed by atoms with E-state index in [4.69, 9.17) is 0 Å². The van der Waals surface area contributed by atoms with Crippen LogP contribution in [0.3, 0.4) is 0 Å². The summed E-state index contributed by atoms with van der Waals surface area (Å²) in [6, 6.07) is 0. The Morgan fingerprint density at radius 1 is 0.895 bits per heavy atom. The molecule has 0 bridgehead atoms. The van der Waals surface area contributed by atoms with Gasteiger partial charge >= 0.3 is 0 Å². The van der Waals surface area contributed by atoms with Crippen molar-refractivity contribution in [2.24, 2.45) is 0 Å². The van der Waals surface area contributed by atoms with Crippen LogP contribution in [0.15, 0.2) is 23.8 Å². The second-order valence-corrected chi connectivity index (χ2v) is 6.14. The van der Waals surface area contributed by atoms with Crippen LogP contribution < -0.4 is 0 Å². The summed E-state index contributed by atoms with van der Waals surface area (Å²) in [5.41, 5.74) is 1.72. The minimum absolute atomic E-state index is 1.16. The molecule has 1 fully saturated rings. The molecular weight excluding hydrogens is 230 g/mol. The molecule has 0 aromatic carbocycles. The summed E-state index contributed by atoms with van der Waals surface area (Å²) in [4.78, 5) is 2.27. The van der Waals surface area contributed by atoms with Gasteiger partial charge in [0.1, 0.15) is 0 Å². The molecule has 0 aromatic rings. The molecule has 0 N–H and O–H groups in total. The predicted octanol–water partition coefficient (Wildman–Crippen LogP) is 5.34. The van der Waals surface area contributed by atoms with E-state index in [0.717, 1.165) is 6.42 Å². The smallest absolute Gasteiger partial charge is 0.00248 e. The average molecular weight is 263 g/mol. The molecule has 0 atom stereocenters. The van der Waals surface area contributed by atoms with Crippen molar-refractivity contribution >= 4 is 0 Å². The number of hydrogen-bond donors (Lipinski definition) is 0. The zero-order valence-corrected chi connectivity index (χ0v) is 13.2. The van der Waals surface area contributed by atoms with Gasteiger partial charge in [-0.15, -0.1) is 0 Å². The van der Waals surface area contributed by atoms with Crippen LogP contribution in [-0.4, -0.2) is 25.5 Å². The number of hydrogen-bond acceptors (Lipinski definition) is 1. The lowest BCUT2D eigenvalue weighted by Crippen LogP contribution is -2.12. The summed E-state index contributed by atoms with van der Waals surface area (Å²) < 4.78 is 0. The van der Waals surface area contributed by atoms with E-state index in [-0.39, 0.29) is 0 Å². The summed E-state index contributed by atoms with van der Waals surface area (Å²) >= 11 is 0. The number of unbranched alkanes of at least 4 members (excludes halogenated alkanes) is 3. The standard InChI is InChI=1S/C18H33N/c1-19(2)17-13-9-5-3-4-6-10-14-18-15-11-7-8-12-16-18/h4,6,14H,3,5,7-13,15-17H2,1-2H3/b6-4-. The Hall–Kier alpha value is -0.560. The maximum absolute atomic E-state index is 2.48. The fraction of sp³-hybridized carbons (Fsp3) is 0.778. The SMILES string of the molecule is CN(C)CCCCC/C=C\CC=C1CCCCCC1. The van der Waals surface area contributed by atoms with E-state index < -0.39 is 0 Å². The van der Waals surface area contributed by atoms with Crippen LogP contribution in [0.2, 0.25) is 0 Å².